The minimum Gasteiger partial charge on any atom is -0.496 e. The summed E-state index contributed by atoms with van der Waals surface area (Å²) >= 11 is 3.33. The molecule has 0 spiro atoms. The summed E-state index contributed by atoms with van der Waals surface area (Å²) in [5.41, 5.74) is 0.961. The maximum absolute atomic E-state index is 12.8. The summed E-state index contributed by atoms with van der Waals surface area (Å²) in [5.74, 6) is 0.955. The molecule has 24 heavy (non-hydrogen) atoms. The zero-order chi connectivity index (χ0) is 17.7. The first-order valence-electron chi connectivity index (χ1n) is 7.74. The van der Waals surface area contributed by atoms with Gasteiger partial charge in [0.05, 0.1) is 16.5 Å². The van der Waals surface area contributed by atoms with E-state index in [1.54, 1.807) is 25.3 Å². The van der Waals surface area contributed by atoms with Gasteiger partial charge in [0.25, 0.3) is 0 Å². The molecule has 0 radical (unpaired) electrons. The van der Waals surface area contributed by atoms with E-state index in [2.05, 4.69) is 34.5 Å². The molecule has 4 nitrogen and oxygen atoms in total. The molecule has 0 bridgehead atoms. The number of hydrogen-bond acceptors (Lipinski definition) is 3. The summed E-state index contributed by atoms with van der Waals surface area (Å²) in [4.78, 5) is 0.208. The van der Waals surface area contributed by atoms with Gasteiger partial charge in [0, 0.05) is 6.04 Å². The van der Waals surface area contributed by atoms with Crippen molar-refractivity contribution in [1.82, 2.24) is 4.72 Å². The Kier molecular flexibility index (Phi) is 6.43. The molecule has 2 aromatic carbocycles. The predicted molar refractivity (Wildman–Crippen MR) is 99.7 cm³/mol. The van der Waals surface area contributed by atoms with Crippen molar-refractivity contribution >= 4 is 26.0 Å². The fourth-order valence-electron chi connectivity index (χ4n) is 2.48. The summed E-state index contributed by atoms with van der Waals surface area (Å²) < 4.78 is 34.1. The second-order valence-corrected chi connectivity index (χ2v) is 8.58. The third-order valence-corrected chi connectivity index (χ3v) is 5.73. The van der Waals surface area contributed by atoms with Crippen LogP contribution in [0.4, 0.5) is 0 Å². The van der Waals surface area contributed by atoms with Crippen LogP contribution < -0.4 is 9.46 Å². The zero-order valence-electron chi connectivity index (χ0n) is 14.0. The van der Waals surface area contributed by atoms with Gasteiger partial charge in [-0.1, -0.05) is 44.2 Å². The highest BCUT2D eigenvalue weighted by molar-refractivity contribution is 9.10. The van der Waals surface area contributed by atoms with Crippen molar-refractivity contribution in [3.63, 3.8) is 0 Å². The summed E-state index contributed by atoms with van der Waals surface area (Å²) in [6, 6.07) is 14.1. The summed E-state index contributed by atoms with van der Waals surface area (Å²) in [7, 11) is -2.09. The van der Waals surface area contributed by atoms with Crippen molar-refractivity contribution in [2.24, 2.45) is 5.92 Å². The van der Waals surface area contributed by atoms with Crippen molar-refractivity contribution < 1.29 is 13.2 Å². The molecule has 0 fully saturated rings. The predicted octanol–water partition coefficient (Wildman–Crippen LogP) is 4.52. The highest BCUT2D eigenvalue weighted by Gasteiger charge is 2.23. The smallest absolute Gasteiger partial charge is 0.241 e. The van der Waals surface area contributed by atoms with Gasteiger partial charge in [-0.15, -0.1) is 0 Å². The van der Waals surface area contributed by atoms with Crippen LogP contribution in [-0.4, -0.2) is 15.5 Å². The first-order valence-corrected chi connectivity index (χ1v) is 10.0. The van der Waals surface area contributed by atoms with Crippen LogP contribution in [0.5, 0.6) is 5.75 Å². The van der Waals surface area contributed by atoms with Gasteiger partial charge in [-0.25, -0.2) is 13.1 Å². The number of ether oxygens (including phenoxy) is 1. The highest BCUT2D eigenvalue weighted by Crippen LogP contribution is 2.29. The van der Waals surface area contributed by atoms with Crippen molar-refractivity contribution in [3.05, 3.63) is 58.6 Å². The molecule has 0 aromatic heterocycles. The zero-order valence-corrected chi connectivity index (χ0v) is 16.4. The lowest BCUT2D eigenvalue weighted by molar-refractivity contribution is 0.411. The first kappa shape index (κ1) is 19.0. The molecule has 0 saturated heterocycles. The number of rotatable bonds is 7. The first-order chi connectivity index (χ1) is 11.3. The van der Waals surface area contributed by atoms with Gasteiger partial charge in [0.1, 0.15) is 5.75 Å². The Hall–Kier alpha value is -1.37. The molecular weight excluding hydrogens is 390 g/mol. The Morgan fingerprint density at radius 2 is 1.79 bits per heavy atom. The van der Waals surface area contributed by atoms with E-state index in [4.69, 9.17) is 4.74 Å². The average molecular weight is 412 g/mol. The van der Waals surface area contributed by atoms with Crippen LogP contribution in [0, 0.1) is 5.92 Å². The molecule has 0 aliphatic heterocycles. The van der Waals surface area contributed by atoms with Crippen LogP contribution >= 0.6 is 15.9 Å². The Labute approximate surface area is 152 Å². The maximum atomic E-state index is 12.8. The monoisotopic (exact) mass is 411 g/mol. The summed E-state index contributed by atoms with van der Waals surface area (Å²) in [6.07, 6.45) is 0.723. The molecule has 0 amide bonds. The van der Waals surface area contributed by atoms with Crippen LogP contribution in [-0.2, 0) is 10.0 Å². The molecule has 0 saturated carbocycles. The topological polar surface area (TPSA) is 55.4 Å². The van der Waals surface area contributed by atoms with E-state index in [1.165, 1.54) is 0 Å². The quantitative estimate of drug-likeness (QED) is 0.728. The van der Waals surface area contributed by atoms with Crippen molar-refractivity contribution in [1.29, 1.82) is 0 Å². The highest BCUT2D eigenvalue weighted by atomic mass is 79.9. The van der Waals surface area contributed by atoms with E-state index in [0.29, 0.717) is 16.1 Å². The number of hydrogen-bond donors (Lipinski definition) is 1. The van der Waals surface area contributed by atoms with Gasteiger partial charge < -0.3 is 4.74 Å². The Morgan fingerprint density at radius 1 is 1.12 bits per heavy atom. The van der Waals surface area contributed by atoms with E-state index in [9.17, 15) is 8.42 Å². The molecule has 6 heteroatoms. The fourth-order valence-corrected chi connectivity index (χ4v) is 4.43. The molecule has 130 valence electrons. The van der Waals surface area contributed by atoms with Crippen molar-refractivity contribution in [2.75, 3.05) is 7.11 Å². The Morgan fingerprint density at radius 3 is 2.33 bits per heavy atom. The molecule has 0 aliphatic carbocycles. The fraction of sp³-hybridized carbons (Fsp3) is 0.333. The van der Waals surface area contributed by atoms with Crippen LogP contribution in [0.1, 0.15) is 31.9 Å². The number of nitrogens with one attached hydrogen (secondary N) is 1. The van der Waals surface area contributed by atoms with Gasteiger partial charge in [-0.05, 0) is 52.0 Å². The van der Waals surface area contributed by atoms with E-state index in [-0.39, 0.29) is 10.9 Å². The molecule has 0 heterocycles. The van der Waals surface area contributed by atoms with Crippen LogP contribution in [0.3, 0.4) is 0 Å². The molecule has 0 aliphatic rings. The van der Waals surface area contributed by atoms with E-state index in [0.717, 1.165) is 12.0 Å². The number of sulfonamides is 1. The Balaban J connectivity index is 2.31. The van der Waals surface area contributed by atoms with E-state index in [1.807, 2.05) is 30.3 Å². The van der Waals surface area contributed by atoms with Crippen molar-refractivity contribution in [3.8, 4) is 5.75 Å². The maximum Gasteiger partial charge on any atom is 0.241 e. The molecule has 0 unspecified atom stereocenters. The lowest BCUT2D eigenvalue weighted by Gasteiger charge is -2.21. The summed E-state index contributed by atoms with van der Waals surface area (Å²) in [5, 5.41) is 0. The second-order valence-electron chi connectivity index (χ2n) is 6.01. The molecule has 1 N–H and O–H groups in total. The lowest BCUT2D eigenvalue weighted by atomic mass is 9.98. The van der Waals surface area contributed by atoms with Gasteiger partial charge in [-0.2, -0.15) is 0 Å². The minimum absolute atomic E-state index is 0.208. The van der Waals surface area contributed by atoms with E-state index >= 15 is 0 Å². The average Bonchev–Trinajstić information content (AvgIpc) is 2.54. The van der Waals surface area contributed by atoms with Crippen LogP contribution in [0.15, 0.2) is 57.9 Å². The molecule has 1 atom stereocenters. The minimum atomic E-state index is -3.64. The normalized spacial score (nSPS) is 13.0. The number of methoxy groups -OCH3 is 1. The van der Waals surface area contributed by atoms with E-state index < -0.39 is 10.0 Å². The van der Waals surface area contributed by atoms with Gasteiger partial charge >= 0.3 is 0 Å². The molecule has 2 rings (SSSR count). The van der Waals surface area contributed by atoms with Crippen LogP contribution in [0.25, 0.3) is 0 Å². The molecular formula is C18H22BrNO3S. The summed E-state index contributed by atoms with van der Waals surface area (Å²) in [6.45, 7) is 4.16. The molecule has 2 aromatic rings. The van der Waals surface area contributed by atoms with Gasteiger partial charge in [0.15, 0.2) is 0 Å². The van der Waals surface area contributed by atoms with Crippen molar-refractivity contribution in [2.45, 2.75) is 31.2 Å². The standard InChI is InChI=1S/C18H22BrNO3S/c1-13(2)11-17(14-7-5-4-6-8-14)20-24(21,22)15-9-10-18(23-3)16(19)12-15/h4-10,12-13,17,20H,11H2,1-3H3/t17-/m0/s1. The SMILES string of the molecule is COc1ccc(S(=O)(=O)N[C@@H](CC(C)C)c2ccccc2)cc1Br. The number of halogens is 1. The second kappa shape index (κ2) is 8.14. The van der Waals surface area contributed by atoms with Gasteiger partial charge in [0.2, 0.25) is 10.0 Å². The number of benzene rings is 2. The lowest BCUT2D eigenvalue weighted by Crippen LogP contribution is -2.29. The van der Waals surface area contributed by atoms with Gasteiger partial charge in [-0.3, -0.25) is 0 Å². The third-order valence-electron chi connectivity index (χ3n) is 3.64. The van der Waals surface area contributed by atoms with Crippen LogP contribution in [0.2, 0.25) is 0 Å². The third kappa shape index (κ3) is 4.82. The largest absolute Gasteiger partial charge is 0.496 e. The Bertz CT molecular complexity index is 776.